The van der Waals surface area contributed by atoms with Gasteiger partial charge in [-0.1, -0.05) is 38.1 Å². The van der Waals surface area contributed by atoms with Crippen molar-refractivity contribution in [2.75, 3.05) is 11.6 Å². The van der Waals surface area contributed by atoms with Crippen LogP contribution in [-0.2, 0) is 18.6 Å². The van der Waals surface area contributed by atoms with Gasteiger partial charge in [0.15, 0.2) is 10.9 Å². The molecule has 1 atom stereocenters. The maximum absolute atomic E-state index is 14.9. The number of hydrogen-bond acceptors (Lipinski definition) is 8. The zero-order chi connectivity index (χ0) is 27.9. The number of nitrogens with one attached hydrogen (secondary N) is 3. The summed E-state index contributed by atoms with van der Waals surface area (Å²) in [6, 6.07) is 10.5. The van der Waals surface area contributed by atoms with Gasteiger partial charge < -0.3 is 15.7 Å². The van der Waals surface area contributed by atoms with Gasteiger partial charge in [-0.05, 0) is 93.3 Å². The van der Waals surface area contributed by atoms with Crippen LogP contribution >= 0.6 is 23.7 Å². The van der Waals surface area contributed by atoms with Gasteiger partial charge in [0, 0.05) is 28.4 Å². The Bertz CT molecular complexity index is 1270. The van der Waals surface area contributed by atoms with Crippen molar-refractivity contribution in [3.8, 4) is 0 Å². The first-order chi connectivity index (χ1) is 18.1. The van der Waals surface area contributed by atoms with Crippen LogP contribution < -0.4 is 15.4 Å². The van der Waals surface area contributed by atoms with Gasteiger partial charge >= 0.3 is 0 Å². The van der Waals surface area contributed by atoms with Crippen LogP contribution in [0.15, 0.2) is 52.6 Å². The molecule has 1 heterocycles. The van der Waals surface area contributed by atoms with Crippen molar-refractivity contribution in [3.63, 3.8) is 0 Å². The van der Waals surface area contributed by atoms with Crippen molar-refractivity contribution < 1.29 is 14.3 Å². The lowest BCUT2D eigenvalue weighted by molar-refractivity contribution is 0.0446. The number of amides is 1. The van der Waals surface area contributed by atoms with Gasteiger partial charge in [-0.3, -0.25) is 4.79 Å². The topological polar surface area (TPSA) is 99.2 Å². The molecule has 0 fully saturated rings. The van der Waals surface area contributed by atoms with Crippen LogP contribution in [0.5, 0.6) is 0 Å². The van der Waals surface area contributed by atoms with Gasteiger partial charge in [-0.2, -0.15) is 0 Å². The fourth-order valence-corrected chi connectivity index (χ4v) is 5.01. The minimum absolute atomic E-state index is 0.0567. The fraction of sp³-hybridized carbons (Fsp3) is 0.393. The van der Waals surface area contributed by atoms with Crippen LogP contribution in [0, 0.1) is 5.82 Å². The number of aromatic nitrogens is 2. The summed E-state index contributed by atoms with van der Waals surface area (Å²) < 4.78 is 17.9. The largest absolute Gasteiger partial charge is 0.371 e. The fourth-order valence-electron chi connectivity index (χ4n) is 3.90. The minimum atomic E-state index is -1.69. The molecule has 0 spiro atoms. The Morgan fingerprint density at radius 2 is 1.92 bits per heavy atom. The van der Waals surface area contributed by atoms with Crippen LogP contribution in [0.3, 0.4) is 0 Å². The Balaban J connectivity index is 1.85. The van der Waals surface area contributed by atoms with E-state index in [1.54, 1.807) is 0 Å². The summed E-state index contributed by atoms with van der Waals surface area (Å²) in [5.41, 5.74) is 1.70. The second-order valence-corrected chi connectivity index (χ2v) is 11.0. The zero-order valence-corrected chi connectivity index (χ0v) is 24.3. The predicted octanol–water partition coefficient (Wildman–Crippen LogP) is 6.20. The Kier molecular flexibility index (Phi) is 10.6. The second-order valence-electron chi connectivity index (χ2n) is 9.38. The number of aryl methyl sites for hydroxylation is 2. The second kappa shape index (κ2) is 13.4. The molecule has 0 saturated heterocycles. The SMILES string of the molecule is CCCc1cc(SNC(C)(O)c2cc(Nc3nc(SC)ncc3C(=O)NC(C)C)ccc2F)ccc1CC. The van der Waals surface area contributed by atoms with E-state index < -0.39 is 11.5 Å². The summed E-state index contributed by atoms with van der Waals surface area (Å²) >= 11 is 2.60. The van der Waals surface area contributed by atoms with Gasteiger partial charge in [0.25, 0.3) is 5.91 Å². The molecule has 3 aromatic rings. The summed E-state index contributed by atoms with van der Waals surface area (Å²) in [6.45, 7) is 9.52. The van der Waals surface area contributed by atoms with E-state index in [4.69, 9.17) is 0 Å². The molecule has 1 amide bonds. The molecule has 204 valence electrons. The Labute approximate surface area is 233 Å². The first kappa shape index (κ1) is 29.9. The number of carbonyl (C=O) groups is 1. The highest BCUT2D eigenvalue weighted by Gasteiger charge is 2.27. The number of rotatable bonds is 12. The summed E-state index contributed by atoms with van der Waals surface area (Å²) in [6.07, 6.45) is 6.29. The minimum Gasteiger partial charge on any atom is -0.371 e. The highest BCUT2D eigenvalue weighted by molar-refractivity contribution is 7.98. The third-order valence-corrected chi connectivity index (χ3v) is 7.36. The number of carbonyl (C=O) groups excluding carboxylic acids is 1. The molecule has 1 aromatic heterocycles. The van der Waals surface area contributed by atoms with Crippen molar-refractivity contribution in [2.24, 2.45) is 0 Å². The Morgan fingerprint density at radius 3 is 2.58 bits per heavy atom. The van der Waals surface area contributed by atoms with E-state index in [2.05, 4.69) is 51.3 Å². The lowest BCUT2D eigenvalue weighted by atomic mass is 10.0. The number of benzene rings is 2. The first-order valence-corrected chi connectivity index (χ1v) is 14.7. The van der Waals surface area contributed by atoms with E-state index in [9.17, 15) is 14.3 Å². The molecule has 0 aliphatic rings. The average Bonchev–Trinajstić information content (AvgIpc) is 2.88. The van der Waals surface area contributed by atoms with Crippen molar-refractivity contribution in [1.29, 1.82) is 0 Å². The lowest BCUT2D eigenvalue weighted by Crippen LogP contribution is -2.35. The highest BCUT2D eigenvalue weighted by atomic mass is 32.2. The zero-order valence-electron chi connectivity index (χ0n) is 22.7. The number of halogens is 1. The molecule has 2 aromatic carbocycles. The molecule has 0 bridgehead atoms. The molecule has 0 aliphatic heterocycles. The van der Waals surface area contributed by atoms with Gasteiger partial charge in [0.05, 0.1) is 0 Å². The molecule has 4 N–H and O–H groups in total. The van der Waals surface area contributed by atoms with Crippen LogP contribution in [0.25, 0.3) is 0 Å². The molecule has 10 heteroatoms. The quantitative estimate of drug-likeness (QED) is 0.0905. The normalized spacial score (nSPS) is 12.9. The summed E-state index contributed by atoms with van der Waals surface area (Å²) in [5.74, 6) is -0.590. The smallest absolute Gasteiger partial charge is 0.256 e. The lowest BCUT2D eigenvalue weighted by Gasteiger charge is -2.26. The molecule has 1 unspecified atom stereocenters. The van der Waals surface area contributed by atoms with Gasteiger partial charge in [0.1, 0.15) is 17.2 Å². The van der Waals surface area contributed by atoms with Crippen molar-refractivity contribution in [3.05, 3.63) is 70.7 Å². The van der Waals surface area contributed by atoms with Crippen LogP contribution in [0.1, 0.15) is 68.1 Å². The monoisotopic (exact) mass is 557 g/mol. The van der Waals surface area contributed by atoms with E-state index in [1.165, 1.54) is 66.2 Å². The number of hydrogen-bond donors (Lipinski definition) is 4. The molecule has 7 nitrogen and oxygen atoms in total. The number of aliphatic hydroxyl groups is 1. The molecule has 38 heavy (non-hydrogen) atoms. The molecule has 3 rings (SSSR count). The third kappa shape index (κ3) is 7.69. The first-order valence-electron chi connectivity index (χ1n) is 12.6. The average molecular weight is 558 g/mol. The summed E-state index contributed by atoms with van der Waals surface area (Å²) in [7, 11) is 0. The molecule has 0 aliphatic carbocycles. The maximum atomic E-state index is 14.9. The van der Waals surface area contributed by atoms with Crippen LogP contribution in [0.4, 0.5) is 15.9 Å². The van der Waals surface area contributed by atoms with Gasteiger partial charge in [-0.15, -0.1) is 0 Å². The van der Waals surface area contributed by atoms with Crippen LogP contribution in [-0.4, -0.2) is 33.3 Å². The van der Waals surface area contributed by atoms with E-state index >= 15 is 0 Å². The Hall–Kier alpha value is -2.66. The molecule has 0 radical (unpaired) electrons. The predicted molar refractivity (Wildman–Crippen MR) is 154 cm³/mol. The highest BCUT2D eigenvalue weighted by Crippen LogP contribution is 2.31. The van der Waals surface area contributed by atoms with E-state index in [0.29, 0.717) is 16.7 Å². The number of nitrogens with zero attached hydrogens (tertiary/aromatic N) is 2. The summed E-state index contributed by atoms with van der Waals surface area (Å²) in [4.78, 5) is 22.3. The summed E-state index contributed by atoms with van der Waals surface area (Å²) in [5, 5.41) is 17.7. The van der Waals surface area contributed by atoms with Crippen molar-refractivity contribution in [1.82, 2.24) is 20.0 Å². The van der Waals surface area contributed by atoms with Gasteiger partial charge in [-0.25, -0.2) is 19.1 Å². The van der Waals surface area contributed by atoms with E-state index in [1.807, 2.05) is 26.2 Å². The van der Waals surface area contributed by atoms with Crippen molar-refractivity contribution in [2.45, 2.75) is 75.7 Å². The van der Waals surface area contributed by atoms with E-state index in [-0.39, 0.29) is 23.1 Å². The van der Waals surface area contributed by atoms with Gasteiger partial charge in [0.2, 0.25) is 0 Å². The number of anilines is 2. The Morgan fingerprint density at radius 1 is 1.16 bits per heavy atom. The number of thioether (sulfide) groups is 1. The standard InChI is InChI=1S/C28H36FN5O2S2/c1-7-9-19-14-21(12-10-18(19)8-2)38-34-28(5,36)23-15-20(11-13-24(23)29)32-25-22(26(35)31-17(3)4)16-30-27(33-25)37-6/h10-17,34,36H,7-9H2,1-6H3,(H,31,35)(H,30,32,33). The molecular formula is C28H36FN5O2S2. The van der Waals surface area contributed by atoms with E-state index in [0.717, 1.165) is 24.2 Å². The third-order valence-electron chi connectivity index (χ3n) is 5.81. The van der Waals surface area contributed by atoms with Crippen molar-refractivity contribution >= 4 is 41.1 Å². The molecular weight excluding hydrogens is 521 g/mol. The molecule has 0 saturated carbocycles. The van der Waals surface area contributed by atoms with Crippen LogP contribution in [0.2, 0.25) is 0 Å². The maximum Gasteiger partial charge on any atom is 0.256 e.